The number of aromatic nitrogens is 2. The molecule has 0 aliphatic carbocycles. The Morgan fingerprint density at radius 3 is 2.82 bits per heavy atom. The monoisotopic (exact) mass is 232 g/mol. The van der Waals surface area contributed by atoms with E-state index in [0.717, 1.165) is 16.9 Å². The van der Waals surface area contributed by atoms with E-state index in [9.17, 15) is 0 Å². The summed E-state index contributed by atoms with van der Waals surface area (Å²) in [6, 6.07) is 7.78. The van der Waals surface area contributed by atoms with Gasteiger partial charge >= 0.3 is 0 Å². The predicted octanol–water partition coefficient (Wildman–Crippen LogP) is 1.02. The van der Waals surface area contributed by atoms with Gasteiger partial charge in [-0.2, -0.15) is 0 Å². The van der Waals surface area contributed by atoms with Gasteiger partial charge in [0, 0.05) is 13.1 Å². The number of nitrogens with two attached hydrogens (primary N) is 1. The number of ether oxygens (including phenoxy) is 1. The first-order chi connectivity index (χ1) is 8.40. The van der Waals surface area contributed by atoms with Crippen LogP contribution in [0.5, 0.6) is 0 Å². The lowest BCUT2D eigenvalue weighted by molar-refractivity contribution is 0.151. The molecular formula is C12H16N4O. The van der Waals surface area contributed by atoms with Crippen LogP contribution < -0.4 is 11.1 Å². The maximum Gasteiger partial charge on any atom is 0.145 e. The van der Waals surface area contributed by atoms with Crippen LogP contribution in [0.2, 0.25) is 0 Å². The summed E-state index contributed by atoms with van der Waals surface area (Å²) in [5.41, 5.74) is 7.11. The molecule has 5 nitrogen and oxygen atoms in total. The SMILES string of the molecule is NCCOCCNc1cnc2ccccc2n1. The number of para-hydroxylation sites is 2. The van der Waals surface area contributed by atoms with Crippen LogP contribution in [0.3, 0.4) is 0 Å². The molecular weight excluding hydrogens is 216 g/mol. The third kappa shape index (κ3) is 3.37. The van der Waals surface area contributed by atoms with Gasteiger partial charge in [-0.1, -0.05) is 12.1 Å². The van der Waals surface area contributed by atoms with E-state index in [4.69, 9.17) is 10.5 Å². The van der Waals surface area contributed by atoms with Crippen LogP contribution >= 0.6 is 0 Å². The number of benzene rings is 1. The first-order valence-corrected chi connectivity index (χ1v) is 5.63. The van der Waals surface area contributed by atoms with Crippen molar-refractivity contribution in [3.63, 3.8) is 0 Å². The van der Waals surface area contributed by atoms with Crippen molar-refractivity contribution in [3.05, 3.63) is 30.5 Å². The fraction of sp³-hybridized carbons (Fsp3) is 0.333. The van der Waals surface area contributed by atoms with E-state index in [-0.39, 0.29) is 0 Å². The number of nitrogens with one attached hydrogen (secondary N) is 1. The van der Waals surface area contributed by atoms with E-state index in [0.29, 0.717) is 26.3 Å². The van der Waals surface area contributed by atoms with Gasteiger partial charge in [0.15, 0.2) is 0 Å². The zero-order valence-electron chi connectivity index (χ0n) is 9.60. The van der Waals surface area contributed by atoms with Crippen LogP contribution in [0.1, 0.15) is 0 Å². The van der Waals surface area contributed by atoms with E-state index < -0.39 is 0 Å². The second-order valence-electron chi connectivity index (χ2n) is 3.57. The number of rotatable bonds is 6. The summed E-state index contributed by atoms with van der Waals surface area (Å²) >= 11 is 0. The highest BCUT2D eigenvalue weighted by molar-refractivity contribution is 5.75. The minimum Gasteiger partial charge on any atom is -0.378 e. The van der Waals surface area contributed by atoms with E-state index in [1.165, 1.54) is 0 Å². The summed E-state index contributed by atoms with van der Waals surface area (Å²) in [5.74, 6) is 0.764. The second-order valence-corrected chi connectivity index (χ2v) is 3.57. The molecule has 0 bridgehead atoms. The van der Waals surface area contributed by atoms with Gasteiger partial charge in [0.25, 0.3) is 0 Å². The molecule has 0 amide bonds. The third-order valence-corrected chi connectivity index (χ3v) is 2.26. The Hall–Kier alpha value is -1.72. The Bertz CT molecular complexity index is 475. The molecule has 1 aromatic carbocycles. The number of hydrogen-bond donors (Lipinski definition) is 2. The number of hydrogen-bond acceptors (Lipinski definition) is 5. The van der Waals surface area contributed by atoms with Crippen molar-refractivity contribution in [2.24, 2.45) is 5.73 Å². The zero-order valence-corrected chi connectivity index (χ0v) is 9.60. The van der Waals surface area contributed by atoms with Crippen LogP contribution in [0.4, 0.5) is 5.82 Å². The van der Waals surface area contributed by atoms with E-state index >= 15 is 0 Å². The molecule has 2 aromatic rings. The summed E-state index contributed by atoms with van der Waals surface area (Å²) in [6.07, 6.45) is 1.73. The van der Waals surface area contributed by atoms with Gasteiger partial charge in [-0.3, -0.25) is 4.98 Å². The molecule has 0 radical (unpaired) electrons. The van der Waals surface area contributed by atoms with Gasteiger partial charge in [-0.25, -0.2) is 4.98 Å². The first-order valence-electron chi connectivity index (χ1n) is 5.63. The van der Waals surface area contributed by atoms with Crippen LogP contribution in [0, 0.1) is 0 Å². The normalized spacial score (nSPS) is 10.6. The maximum atomic E-state index is 5.32. The van der Waals surface area contributed by atoms with Crippen LogP contribution in [0.15, 0.2) is 30.5 Å². The lowest BCUT2D eigenvalue weighted by atomic mass is 10.3. The Kier molecular flexibility index (Phi) is 4.23. The average molecular weight is 232 g/mol. The molecule has 0 aliphatic heterocycles. The molecule has 0 atom stereocenters. The van der Waals surface area contributed by atoms with Crippen molar-refractivity contribution in [2.45, 2.75) is 0 Å². The first kappa shape index (κ1) is 11.8. The van der Waals surface area contributed by atoms with Crippen molar-refractivity contribution in [3.8, 4) is 0 Å². The van der Waals surface area contributed by atoms with Crippen LogP contribution in [-0.2, 0) is 4.74 Å². The lowest BCUT2D eigenvalue weighted by Gasteiger charge is -2.06. The third-order valence-electron chi connectivity index (χ3n) is 2.26. The molecule has 1 aromatic heterocycles. The molecule has 3 N–H and O–H groups in total. The van der Waals surface area contributed by atoms with E-state index in [1.807, 2.05) is 24.3 Å². The van der Waals surface area contributed by atoms with Gasteiger partial charge in [0.1, 0.15) is 5.82 Å². The Labute approximate surface area is 100 Å². The highest BCUT2D eigenvalue weighted by atomic mass is 16.5. The molecule has 0 saturated carbocycles. The van der Waals surface area contributed by atoms with Gasteiger partial charge in [-0.15, -0.1) is 0 Å². The van der Waals surface area contributed by atoms with E-state index in [1.54, 1.807) is 6.20 Å². The highest BCUT2D eigenvalue weighted by Crippen LogP contribution is 2.10. The largest absolute Gasteiger partial charge is 0.378 e. The van der Waals surface area contributed by atoms with Gasteiger partial charge in [-0.05, 0) is 12.1 Å². The highest BCUT2D eigenvalue weighted by Gasteiger charge is 1.97. The van der Waals surface area contributed by atoms with Crippen molar-refractivity contribution in [1.29, 1.82) is 0 Å². The van der Waals surface area contributed by atoms with Crippen molar-refractivity contribution >= 4 is 16.9 Å². The summed E-state index contributed by atoms with van der Waals surface area (Å²) < 4.78 is 5.26. The molecule has 0 spiro atoms. The Morgan fingerprint density at radius 2 is 2.00 bits per heavy atom. The number of fused-ring (bicyclic) bond motifs is 1. The van der Waals surface area contributed by atoms with Crippen molar-refractivity contribution in [1.82, 2.24) is 9.97 Å². The van der Waals surface area contributed by atoms with Crippen molar-refractivity contribution in [2.75, 3.05) is 31.6 Å². The molecule has 0 unspecified atom stereocenters. The molecule has 5 heteroatoms. The smallest absolute Gasteiger partial charge is 0.145 e. The fourth-order valence-electron chi connectivity index (χ4n) is 1.48. The molecule has 1 heterocycles. The minimum absolute atomic E-state index is 0.551. The summed E-state index contributed by atoms with van der Waals surface area (Å²) in [5, 5.41) is 3.16. The fourth-order valence-corrected chi connectivity index (χ4v) is 1.48. The maximum absolute atomic E-state index is 5.32. The standard InChI is InChI=1S/C12H16N4O/c13-5-7-17-8-6-14-12-9-15-10-3-1-2-4-11(10)16-12/h1-4,9H,5-8,13H2,(H,14,16). The van der Waals surface area contributed by atoms with Gasteiger partial charge in [0.2, 0.25) is 0 Å². The predicted molar refractivity (Wildman–Crippen MR) is 67.9 cm³/mol. The second kappa shape index (κ2) is 6.12. The zero-order chi connectivity index (χ0) is 11.9. The molecule has 0 aliphatic rings. The summed E-state index contributed by atoms with van der Waals surface area (Å²) in [6.45, 7) is 2.46. The average Bonchev–Trinajstić information content (AvgIpc) is 2.38. The van der Waals surface area contributed by atoms with E-state index in [2.05, 4.69) is 15.3 Å². The quantitative estimate of drug-likeness (QED) is 0.727. The summed E-state index contributed by atoms with van der Waals surface area (Å²) in [7, 11) is 0. The summed E-state index contributed by atoms with van der Waals surface area (Å²) in [4.78, 5) is 8.75. The van der Waals surface area contributed by atoms with Gasteiger partial charge < -0.3 is 15.8 Å². The minimum atomic E-state index is 0.551. The molecule has 0 saturated heterocycles. The van der Waals surface area contributed by atoms with Gasteiger partial charge in [0.05, 0.1) is 30.4 Å². The molecule has 0 fully saturated rings. The van der Waals surface area contributed by atoms with Crippen LogP contribution in [0.25, 0.3) is 11.0 Å². The topological polar surface area (TPSA) is 73.1 Å². The number of anilines is 1. The Morgan fingerprint density at radius 1 is 1.18 bits per heavy atom. The molecule has 17 heavy (non-hydrogen) atoms. The molecule has 2 rings (SSSR count). The van der Waals surface area contributed by atoms with Crippen molar-refractivity contribution < 1.29 is 4.74 Å². The Balaban J connectivity index is 1.90. The van der Waals surface area contributed by atoms with Crippen LogP contribution in [-0.4, -0.2) is 36.3 Å². The molecule has 90 valence electrons. The number of nitrogens with zero attached hydrogens (tertiary/aromatic N) is 2. The lowest BCUT2D eigenvalue weighted by Crippen LogP contribution is -2.14.